The lowest BCUT2D eigenvalue weighted by atomic mass is 10.6. The molecule has 1 heterocycles. The Hall–Kier alpha value is -1.25. The average molecular weight is 139 g/mol. The zero-order valence-electron chi connectivity index (χ0n) is 5.83. The fourth-order valence-corrected chi connectivity index (χ4v) is 0.575. The molecule has 0 aliphatic carbocycles. The molecule has 3 heteroatoms. The van der Waals surface area contributed by atoms with E-state index in [2.05, 4.69) is 11.6 Å². The summed E-state index contributed by atoms with van der Waals surface area (Å²) in [7, 11) is 0. The summed E-state index contributed by atoms with van der Waals surface area (Å²) in [5.41, 5.74) is 0. The van der Waals surface area contributed by atoms with Gasteiger partial charge >= 0.3 is 5.95 Å². The van der Waals surface area contributed by atoms with Crippen molar-refractivity contribution in [2.45, 2.75) is 6.92 Å². The summed E-state index contributed by atoms with van der Waals surface area (Å²) in [6.45, 7) is 5.97. The molecule has 0 saturated heterocycles. The highest BCUT2D eigenvalue weighted by molar-refractivity contribution is 5.33. The highest BCUT2D eigenvalue weighted by atomic mass is 16.6. The van der Waals surface area contributed by atoms with Gasteiger partial charge in [-0.3, -0.25) is 0 Å². The minimum absolute atomic E-state index is 0.442. The molecule has 0 amide bonds. The number of hydrogen-bond donors (Lipinski definition) is 0. The van der Waals surface area contributed by atoms with Crippen molar-refractivity contribution in [1.29, 1.82) is 0 Å². The second-order valence-electron chi connectivity index (χ2n) is 1.65. The number of oxazole rings is 1. The number of rotatable bonds is 3. The zero-order chi connectivity index (χ0) is 7.40. The van der Waals surface area contributed by atoms with Gasteiger partial charge in [0.15, 0.2) is 0 Å². The van der Waals surface area contributed by atoms with Crippen LogP contribution in [0.5, 0.6) is 5.95 Å². The van der Waals surface area contributed by atoms with Gasteiger partial charge in [0, 0.05) is 0 Å². The van der Waals surface area contributed by atoms with Gasteiger partial charge in [-0.05, 0) is 13.0 Å². The molecule has 0 radical (unpaired) electrons. The van der Waals surface area contributed by atoms with Crippen LogP contribution in [0.15, 0.2) is 17.2 Å². The third-order valence-corrected chi connectivity index (χ3v) is 0.964. The minimum atomic E-state index is 0.442. The van der Waals surface area contributed by atoms with E-state index in [1.165, 1.54) is 12.3 Å². The molecular weight excluding hydrogens is 130 g/mol. The van der Waals surface area contributed by atoms with Crippen LogP contribution < -0.4 is 4.74 Å². The first-order valence-electron chi connectivity index (χ1n) is 3.08. The molecule has 1 rings (SSSR count). The molecule has 10 heavy (non-hydrogen) atoms. The monoisotopic (exact) mass is 139 g/mol. The number of hydrogen-bond acceptors (Lipinski definition) is 3. The van der Waals surface area contributed by atoms with Crippen molar-refractivity contribution in [2.75, 3.05) is 6.61 Å². The second kappa shape index (κ2) is 3.06. The normalized spacial score (nSPS) is 9.30. The van der Waals surface area contributed by atoms with Crippen molar-refractivity contribution < 1.29 is 9.15 Å². The second-order valence-corrected chi connectivity index (χ2v) is 1.65. The number of aromatic nitrogens is 1. The first kappa shape index (κ1) is 6.86. The fourth-order valence-electron chi connectivity index (χ4n) is 0.575. The van der Waals surface area contributed by atoms with Crippen LogP contribution in [0.2, 0.25) is 0 Å². The van der Waals surface area contributed by atoms with Crippen LogP contribution in [-0.4, -0.2) is 11.6 Å². The van der Waals surface area contributed by atoms with E-state index in [-0.39, 0.29) is 0 Å². The van der Waals surface area contributed by atoms with Crippen LogP contribution in [0.1, 0.15) is 12.8 Å². The molecule has 54 valence electrons. The Kier molecular flexibility index (Phi) is 2.10. The van der Waals surface area contributed by atoms with E-state index in [4.69, 9.17) is 9.15 Å². The molecule has 3 nitrogen and oxygen atoms in total. The van der Waals surface area contributed by atoms with Crippen molar-refractivity contribution in [3.05, 3.63) is 18.7 Å². The van der Waals surface area contributed by atoms with Crippen LogP contribution >= 0.6 is 0 Å². The molecule has 0 atom stereocenters. The maximum absolute atomic E-state index is 5.02. The van der Waals surface area contributed by atoms with E-state index in [0.29, 0.717) is 18.4 Å². The van der Waals surface area contributed by atoms with Gasteiger partial charge in [-0.1, -0.05) is 6.58 Å². The zero-order valence-corrected chi connectivity index (χ0v) is 5.83. The van der Waals surface area contributed by atoms with Gasteiger partial charge in [0.2, 0.25) is 5.89 Å². The molecule has 0 spiro atoms. The summed E-state index contributed by atoms with van der Waals surface area (Å²) in [6.07, 6.45) is 3.06. The summed E-state index contributed by atoms with van der Waals surface area (Å²) >= 11 is 0. The van der Waals surface area contributed by atoms with Crippen LogP contribution in [0.4, 0.5) is 0 Å². The van der Waals surface area contributed by atoms with E-state index in [1.807, 2.05) is 6.92 Å². The van der Waals surface area contributed by atoms with Gasteiger partial charge < -0.3 is 9.15 Å². The number of ether oxygens (including phenoxy) is 1. The summed E-state index contributed by atoms with van der Waals surface area (Å²) in [4.78, 5) is 3.84. The van der Waals surface area contributed by atoms with Gasteiger partial charge in [0.25, 0.3) is 0 Å². The van der Waals surface area contributed by atoms with E-state index in [0.717, 1.165) is 0 Å². The van der Waals surface area contributed by atoms with Crippen molar-refractivity contribution in [1.82, 2.24) is 4.98 Å². The molecule has 0 bridgehead atoms. The summed E-state index contributed by atoms with van der Waals surface area (Å²) in [6, 6.07) is 0. The molecule has 0 aromatic carbocycles. The third kappa shape index (κ3) is 1.37. The lowest BCUT2D eigenvalue weighted by Gasteiger charge is -1.92. The maximum atomic E-state index is 5.02. The van der Waals surface area contributed by atoms with Crippen LogP contribution in [0.3, 0.4) is 0 Å². The molecule has 0 aliphatic rings. The molecule has 0 N–H and O–H groups in total. The topological polar surface area (TPSA) is 35.3 Å². The van der Waals surface area contributed by atoms with Gasteiger partial charge in [-0.25, -0.2) is 4.98 Å². The Bertz CT molecular complexity index is 217. The van der Waals surface area contributed by atoms with Crippen LogP contribution in [0.25, 0.3) is 6.08 Å². The predicted molar refractivity (Wildman–Crippen MR) is 37.8 cm³/mol. The standard InChI is InChI=1S/C7H9NO2/c1-3-6-8-5-7(10-6)9-4-2/h3,5H,1,4H2,2H3. The van der Waals surface area contributed by atoms with E-state index >= 15 is 0 Å². The average Bonchev–Trinajstić information content (AvgIpc) is 2.37. The third-order valence-electron chi connectivity index (χ3n) is 0.964. The van der Waals surface area contributed by atoms with Gasteiger partial charge in [0.1, 0.15) is 6.20 Å². The van der Waals surface area contributed by atoms with Crippen molar-refractivity contribution in [2.24, 2.45) is 0 Å². The Morgan fingerprint density at radius 2 is 2.70 bits per heavy atom. The molecule has 1 aromatic heterocycles. The Morgan fingerprint density at radius 1 is 1.90 bits per heavy atom. The Labute approximate surface area is 59.3 Å². The fraction of sp³-hybridized carbons (Fsp3) is 0.286. The molecule has 0 aliphatic heterocycles. The smallest absolute Gasteiger partial charge is 0.305 e. The maximum Gasteiger partial charge on any atom is 0.305 e. The lowest BCUT2D eigenvalue weighted by Crippen LogP contribution is -1.87. The van der Waals surface area contributed by atoms with Crippen molar-refractivity contribution in [3.63, 3.8) is 0 Å². The Balaban J connectivity index is 2.68. The Morgan fingerprint density at radius 3 is 3.20 bits per heavy atom. The largest absolute Gasteiger partial charge is 0.464 e. The first-order valence-corrected chi connectivity index (χ1v) is 3.08. The lowest BCUT2D eigenvalue weighted by molar-refractivity contribution is 0.256. The molecule has 0 fully saturated rings. The number of nitrogens with zero attached hydrogens (tertiary/aromatic N) is 1. The summed E-state index contributed by atoms with van der Waals surface area (Å²) in [5.74, 6) is 0.931. The van der Waals surface area contributed by atoms with Crippen molar-refractivity contribution in [3.8, 4) is 5.95 Å². The quantitative estimate of drug-likeness (QED) is 0.639. The van der Waals surface area contributed by atoms with Crippen LogP contribution in [0, 0.1) is 0 Å². The molecule has 0 saturated carbocycles. The SMILES string of the molecule is C=Cc1ncc(OCC)o1. The van der Waals surface area contributed by atoms with Gasteiger partial charge in [-0.15, -0.1) is 0 Å². The summed E-state index contributed by atoms with van der Waals surface area (Å²) in [5, 5.41) is 0. The van der Waals surface area contributed by atoms with Gasteiger partial charge in [-0.2, -0.15) is 0 Å². The van der Waals surface area contributed by atoms with Crippen molar-refractivity contribution >= 4 is 6.08 Å². The van der Waals surface area contributed by atoms with Crippen LogP contribution in [-0.2, 0) is 0 Å². The van der Waals surface area contributed by atoms with E-state index < -0.39 is 0 Å². The molecule has 1 aromatic rings. The summed E-state index contributed by atoms with van der Waals surface area (Å²) < 4.78 is 10.0. The minimum Gasteiger partial charge on any atom is -0.464 e. The van der Waals surface area contributed by atoms with E-state index in [9.17, 15) is 0 Å². The first-order chi connectivity index (χ1) is 4.86. The molecule has 0 unspecified atom stereocenters. The highest BCUT2D eigenvalue weighted by Crippen LogP contribution is 2.12. The highest BCUT2D eigenvalue weighted by Gasteiger charge is 1.98. The van der Waals surface area contributed by atoms with E-state index in [1.54, 1.807) is 0 Å². The predicted octanol–water partition coefficient (Wildman–Crippen LogP) is 1.72. The molecular formula is C7H9NO2. The van der Waals surface area contributed by atoms with Gasteiger partial charge in [0.05, 0.1) is 6.61 Å².